The van der Waals surface area contributed by atoms with Crippen LogP contribution in [0.3, 0.4) is 0 Å². The highest BCUT2D eigenvalue weighted by atomic mass is 16.7. The van der Waals surface area contributed by atoms with Crippen LogP contribution in [0, 0.1) is 17.3 Å². The van der Waals surface area contributed by atoms with Crippen LogP contribution in [0.5, 0.6) is 11.5 Å². The monoisotopic (exact) mass is 434 g/mol. The van der Waals surface area contributed by atoms with Crippen molar-refractivity contribution in [2.75, 3.05) is 32.3 Å². The second-order valence-electron chi connectivity index (χ2n) is 10.9. The lowest BCUT2D eigenvalue weighted by Gasteiger charge is -2.63. The number of rotatable bonds is 4. The summed E-state index contributed by atoms with van der Waals surface area (Å²) < 4.78 is 10.8. The van der Waals surface area contributed by atoms with Crippen LogP contribution in [0.25, 0.3) is 0 Å². The Hall–Kier alpha value is -2.24. The highest BCUT2D eigenvalue weighted by molar-refractivity contribution is 5.52. The van der Waals surface area contributed by atoms with Crippen LogP contribution in [0.2, 0.25) is 0 Å². The Bertz CT molecular complexity index is 1000. The van der Waals surface area contributed by atoms with E-state index in [9.17, 15) is 0 Å². The molecule has 7 rings (SSSR count). The minimum absolute atomic E-state index is 0.0375. The molecule has 2 bridgehead atoms. The van der Waals surface area contributed by atoms with Crippen LogP contribution < -0.4 is 14.4 Å². The normalized spacial score (nSPS) is 34.9. The Morgan fingerprint density at radius 3 is 2.19 bits per heavy atom. The fraction of sp³-hybridized carbons (Fsp3) is 0.556. The van der Waals surface area contributed by atoms with Gasteiger partial charge in [-0.25, -0.2) is 0 Å². The first-order valence-corrected chi connectivity index (χ1v) is 11.9. The van der Waals surface area contributed by atoms with Gasteiger partial charge in [0.25, 0.3) is 0 Å². The summed E-state index contributed by atoms with van der Waals surface area (Å²) >= 11 is 0. The predicted octanol–water partition coefficient (Wildman–Crippen LogP) is 5.21. The van der Waals surface area contributed by atoms with Gasteiger partial charge in [0.05, 0.1) is 32.0 Å². The van der Waals surface area contributed by atoms with Gasteiger partial charge in [-0.3, -0.25) is 4.84 Å². The molecule has 0 radical (unpaired) electrons. The molecule has 2 saturated heterocycles. The van der Waals surface area contributed by atoms with E-state index in [-0.39, 0.29) is 11.1 Å². The van der Waals surface area contributed by atoms with Gasteiger partial charge in [0, 0.05) is 18.7 Å². The number of hydrogen-bond donors (Lipinski definition) is 0. The van der Waals surface area contributed by atoms with Gasteiger partial charge in [-0.2, -0.15) is 5.06 Å². The number of ether oxygens (including phenoxy) is 2. The van der Waals surface area contributed by atoms with Gasteiger partial charge in [-0.05, 0) is 78.5 Å². The largest absolute Gasteiger partial charge is 0.497 e. The fourth-order valence-corrected chi connectivity index (χ4v) is 7.26. The average Bonchev–Trinajstić information content (AvgIpc) is 3.31. The second-order valence-corrected chi connectivity index (χ2v) is 10.9. The number of methoxy groups -OCH3 is 2. The van der Waals surface area contributed by atoms with E-state index in [4.69, 9.17) is 14.3 Å². The maximum atomic E-state index is 7.05. The van der Waals surface area contributed by atoms with Gasteiger partial charge in [-0.15, -0.1) is 0 Å². The maximum Gasteiger partial charge on any atom is 0.119 e. The van der Waals surface area contributed by atoms with E-state index >= 15 is 0 Å². The number of anilines is 1. The van der Waals surface area contributed by atoms with E-state index in [1.807, 2.05) is 12.1 Å². The van der Waals surface area contributed by atoms with Gasteiger partial charge in [-0.1, -0.05) is 26.0 Å². The van der Waals surface area contributed by atoms with Crippen LogP contribution in [-0.4, -0.2) is 38.1 Å². The number of hydroxylamine groups is 2. The molecular formula is C27H34N2O3. The van der Waals surface area contributed by atoms with Gasteiger partial charge in [0.2, 0.25) is 0 Å². The Kier molecular flexibility index (Phi) is 4.38. The van der Waals surface area contributed by atoms with Crippen molar-refractivity contribution in [2.45, 2.75) is 50.7 Å². The minimum atomic E-state index is -0.148. The highest BCUT2D eigenvalue weighted by Gasteiger charge is 2.69. The zero-order chi connectivity index (χ0) is 22.1. The highest BCUT2D eigenvalue weighted by Crippen LogP contribution is 2.68. The number of fused-ring (bicyclic) bond motifs is 2. The summed E-state index contributed by atoms with van der Waals surface area (Å²) in [6, 6.07) is 17.0. The molecule has 2 heterocycles. The molecule has 0 amide bonds. The first-order valence-electron chi connectivity index (χ1n) is 11.9. The van der Waals surface area contributed by atoms with Crippen molar-refractivity contribution in [3.05, 3.63) is 54.1 Å². The van der Waals surface area contributed by atoms with Crippen LogP contribution in [0.15, 0.2) is 48.5 Å². The molecule has 32 heavy (non-hydrogen) atoms. The molecule has 3 saturated carbocycles. The second kappa shape index (κ2) is 6.88. The van der Waals surface area contributed by atoms with Gasteiger partial charge in [0.15, 0.2) is 0 Å². The lowest BCUT2D eigenvalue weighted by atomic mass is 9.43. The number of nitrogens with zero attached hydrogens (tertiary/aromatic N) is 2. The molecule has 2 aromatic rings. The van der Waals surface area contributed by atoms with E-state index < -0.39 is 0 Å². The molecule has 5 fully saturated rings. The molecule has 170 valence electrons. The van der Waals surface area contributed by atoms with E-state index in [1.54, 1.807) is 14.2 Å². The van der Waals surface area contributed by atoms with Crippen molar-refractivity contribution in [3.63, 3.8) is 0 Å². The summed E-state index contributed by atoms with van der Waals surface area (Å²) in [5.74, 6) is 3.29. The van der Waals surface area contributed by atoms with Gasteiger partial charge < -0.3 is 14.4 Å². The summed E-state index contributed by atoms with van der Waals surface area (Å²) in [5, 5.41) is 2.31. The Balaban J connectivity index is 1.37. The smallest absolute Gasteiger partial charge is 0.119 e. The Morgan fingerprint density at radius 1 is 0.938 bits per heavy atom. The first kappa shape index (κ1) is 20.4. The summed E-state index contributed by atoms with van der Waals surface area (Å²) in [6.07, 6.45) is 4.85. The molecule has 5 heteroatoms. The van der Waals surface area contributed by atoms with Crippen LogP contribution in [0.4, 0.5) is 5.69 Å². The molecule has 5 nitrogen and oxygen atoms in total. The lowest BCUT2D eigenvalue weighted by Crippen LogP contribution is -2.62. The van der Waals surface area contributed by atoms with Crippen molar-refractivity contribution < 1.29 is 14.3 Å². The van der Waals surface area contributed by atoms with Gasteiger partial charge in [0.1, 0.15) is 11.5 Å². The first-order chi connectivity index (χ1) is 15.4. The Labute approximate surface area is 191 Å². The molecule has 3 aliphatic carbocycles. The van der Waals surface area contributed by atoms with Crippen molar-refractivity contribution in [1.82, 2.24) is 5.06 Å². The zero-order valence-electron chi connectivity index (χ0n) is 19.6. The molecule has 5 aliphatic rings. The number of benzene rings is 2. The number of hydrogen-bond acceptors (Lipinski definition) is 5. The lowest BCUT2D eigenvalue weighted by molar-refractivity contribution is -0.285. The standard InChI is InChI=1S/C27H34N2O3/c1-25(2)20-13-14-27(24(25)15-20)16-26(19-5-9-22(30-3)10-6-19)17-28(18-29(26)32-27)21-7-11-23(31-4)12-8-21/h5-12,20,24H,13-18H2,1-4H3/t20-,24-,26+,27+/m0/s1. The van der Waals surface area contributed by atoms with Crippen molar-refractivity contribution in [1.29, 1.82) is 0 Å². The van der Waals surface area contributed by atoms with Crippen LogP contribution in [-0.2, 0) is 10.4 Å². The van der Waals surface area contributed by atoms with Crippen molar-refractivity contribution in [3.8, 4) is 11.5 Å². The molecule has 0 unspecified atom stereocenters. The maximum absolute atomic E-state index is 7.05. The molecule has 4 atom stereocenters. The van der Waals surface area contributed by atoms with Crippen molar-refractivity contribution >= 4 is 5.69 Å². The summed E-state index contributed by atoms with van der Waals surface area (Å²) in [5.41, 5.74) is 2.73. The minimum Gasteiger partial charge on any atom is -0.497 e. The Morgan fingerprint density at radius 2 is 1.59 bits per heavy atom. The van der Waals surface area contributed by atoms with Gasteiger partial charge >= 0.3 is 0 Å². The third-order valence-corrected chi connectivity index (χ3v) is 9.20. The summed E-state index contributed by atoms with van der Waals surface area (Å²) in [4.78, 5) is 9.48. The van der Waals surface area contributed by atoms with E-state index in [0.717, 1.165) is 37.1 Å². The molecule has 1 spiro atoms. The van der Waals surface area contributed by atoms with Crippen LogP contribution >= 0.6 is 0 Å². The third-order valence-electron chi connectivity index (χ3n) is 9.20. The van der Waals surface area contributed by atoms with Crippen molar-refractivity contribution in [2.24, 2.45) is 17.3 Å². The van der Waals surface area contributed by atoms with E-state index in [2.05, 4.69) is 60.2 Å². The molecular weight excluding hydrogens is 400 g/mol. The fourth-order valence-electron chi connectivity index (χ4n) is 7.26. The molecule has 0 N–H and O–H groups in total. The molecule has 0 aromatic heterocycles. The summed E-state index contributed by atoms with van der Waals surface area (Å²) in [7, 11) is 3.44. The quantitative estimate of drug-likeness (QED) is 0.660. The van der Waals surface area contributed by atoms with E-state index in [0.29, 0.717) is 11.3 Å². The van der Waals surface area contributed by atoms with E-state index in [1.165, 1.54) is 30.5 Å². The zero-order valence-corrected chi connectivity index (χ0v) is 19.6. The predicted molar refractivity (Wildman–Crippen MR) is 125 cm³/mol. The SMILES string of the molecule is COc1ccc(N2CN3O[C@]4(CC[C@H]5C[C@H]4C5(C)C)C[C@]3(c3ccc(OC)cc3)C2)cc1. The summed E-state index contributed by atoms with van der Waals surface area (Å²) in [6.45, 7) is 6.62. The molecule has 2 aromatic carbocycles. The van der Waals surface area contributed by atoms with Crippen LogP contribution in [0.1, 0.15) is 45.1 Å². The topological polar surface area (TPSA) is 34.2 Å². The third kappa shape index (κ3) is 2.70. The average molecular weight is 435 g/mol. The molecule has 2 aliphatic heterocycles.